The average Bonchev–Trinajstić information content (AvgIpc) is 3.96. The minimum absolute atomic E-state index is 0. The van der Waals surface area contributed by atoms with E-state index in [0.29, 0.717) is 0 Å². The second-order valence-electron chi connectivity index (χ2n) is 21.3. The standard InChI is InChI=1S/C69H58N3.Ir/c1-66(57-31-27-50(28-32-57)63-19-9-11-40-70-63)36-13-38-68(66,3)59-44-56(45-60(47-59)69(4)39-14-37-67(69,2)58-33-29-51(30-34-58)64-20-10-12-41-71-64)62-18-8-7-17-61(62)49-22-24-52(25-23-49)65-46-55(35-42-72-65)54-26-21-48-15-5-6-16-53(48)43-54;/h5-12,15-24,26-27,29,31-35,40-47H,13-14,36-39H2,1-4H3;/q-3;+3/t66-,67-,68-,69-;/m1./s1. The molecule has 2 aliphatic rings. The Morgan fingerprint density at radius 2 is 0.808 bits per heavy atom. The largest absolute Gasteiger partial charge is 3.00 e. The van der Waals surface area contributed by atoms with Crippen molar-refractivity contribution in [3.8, 4) is 67.2 Å². The van der Waals surface area contributed by atoms with Gasteiger partial charge in [0.05, 0.1) is 0 Å². The third-order valence-electron chi connectivity index (χ3n) is 17.6. The smallest absolute Gasteiger partial charge is 0.305 e. The second-order valence-corrected chi connectivity index (χ2v) is 21.3. The summed E-state index contributed by atoms with van der Waals surface area (Å²) in [5, 5.41) is 2.47. The number of benzene rings is 7. The zero-order valence-electron chi connectivity index (χ0n) is 42.0. The molecule has 0 unspecified atom stereocenters. The number of nitrogens with zero attached hydrogens (tertiary/aromatic N) is 3. The Morgan fingerprint density at radius 3 is 1.34 bits per heavy atom. The number of hydrogen-bond donors (Lipinski definition) is 0. The van der Waals surface area contributed by atoms with Gasteiger partial charge in [0.2, 0.25) is 0 Å². The van der Waals surface area contributed by atoms with Crippen LogP contribution in [0.25, 0.3) is 77.9 Å². The maximum atomic E-state index is 4.84. The summed E-state index contributed by atoms with van der Waals surface area (Å²) >= 11 is 0. The summed E-state index contributed by atoms with van der Waals surface area (Å²) in [5.74, 6) is 0. The van der Waals surface area contributed by atoms with Crippen molar-refractivity contribution < 1.29 is 20.1 Å². The van der Waals surface area contributed by atoms with Crippen molar-refractivity contribution in [2.45, 2.75) is 87.9 Å². The topological polar surface area (TPSA) is 38.7 Å². The van der Waals surface area contributed by atoms with Crippen LogP contribution in [0, 0.1) is 18.2 Å². The van der Waals surface area contributed by atoms with Crippen LogP contribution in [0.15, 0.2) is 207 Å². The third-order valence-corrected chi connectivity index (χ3v) is 17.6. The summed E-state index contributed by atoms with van der Waals surface area (Å²) in [6.07, 6.45) is 12.3. The molecule has 2 aliphatic carbocycles. The number of fused-ring (bicyclic) bond motifs is 1. The molecule has 3 heterocycles. The number of aromatic nitrogens is 3. The number of rotatable bonds is 10. The molecule has 358 valence electrons. The van der Waals surface area contributed by atoms with Gasteiger partial charge in [0.1, 0.15) is 0 Å². The average molecular weight is 1120 g/mol. The number of hydrogen-bond acceptors (Lipinski definition) is 3. The van der Waals surface area contributed by atoms with Crippen LogP contribution in [0.1, 0.15) is 88.5 Å². The Bertz CT molecular complexity index is 3440. The molecule has 10 aromatic rings. The Labute approximate surface area is 445 Å². The van der Waals surface area contributed by atoms with Crippen LogP contribution in [0.5, 0.6) is 0 Å². The van der Waals surface area contributed by atoms with Crippen LogP contribution in [0.4, 0.5) is 0 Å². The van der Waals surface area contributed by atoms with Crippen molar-refractivity contribution in [1.82, 2.24) is 15.0 Å². The van der Waals surface area contributed by atoms with Crippen LogP contribution in [0.3, 0.4) is 0 Å². The van der Waals surface area contributed by atoms with Gasteiger partial charge in [0.25, 0.3) is 0 Å². The summed E-state index contributed by atoms with van der Waals surface area (Å²) in [6, 6.07) is 79.6. The summed E-state index contributed by atoms with van der Waals surface area (Å²) in [4.78, 5) is 14.1. The minimum Gasteiger partial charge on any atom is -0.305 e. The van der Waals surface area contributed by atoms with Gasteiger partial charge in [0, 0.05) is 18.6 Å². The first-order valence-corrected chi connectivity index (χ1v) is 25.7. The van der Waals surface area contributed by atoms with Crippen molar-refractivity contribution in [2.75, 3.05) is 0 Å². The molecular formula is C69H58IrN3. The van der Waals surface area contributed by atoms with E-state index in [2.05, 4.69) is 220 Å². The van der Waals surface area contributed by atoms with E-state index in [0.717, 1.165) is 83.4 Å². The van der Waals surface area contributed by atoms with Gasteiger partial charge in [-0.25, -0.2) is 0 Å². The maximum absolute atomic E-state index is 4.84. The van der Waals surface area contributed by atoms with E-state index in [1.807, 2.05) is 42.9 Å². The molecular weight excluding hydrogens is 1060 g/mol. The van der Waals surface area contributed by atoms with Gasteiger partial charge in [-0.3, -0.25) is 0 Å². The minimum atomic E-state index is -0.152. The van der Waals surface area contributed by atoms with Crippen LogP contribution in [-0.2, 0) is 41.8 Å². The normalized spacial score (nSPS) is 21.5. The second kappa shape index (κ2) is 19.4. The molecule has 3 aromatic heterocycles. The van der Waals surface area contributed by atoms with Crippen molar-refractivity contribution in [2.24, 2.45) is 0 Å². The van der Waals surface area contributed by atoms with Gasteiger partial charge in [0.15, 0.2) is 0 Å². The zero-order chi connectivity index (χ0) is 48.9. The molecule has 0 spiro atoms. The summed E-state index contributed by atoms with van der Waals surface area (Å²) in [6.45, 7) is 10.1. The van der Waals surface area contributed by atoms with E-state index < -0.39 is 0 Å². The Balaban J connectivity index is 0.00000574. The van der Waals surface area contributed by atoms with Crippen molar-refractivity contribution in [3.63, 3.8) is 0 Å². The molecule has 2 saturated carbocycles. The molecule has 12 rings (SSSR count). The molecule has 0 aliphatic heterocycles. The summed E-state index contributed by atoms with van der Waals surface area (Å²) in [7, 11) is 0. The predicted molar refractivity (Wildman–Crippen MR) is 296 cm³/mol. The molecule has 0 bridgehead atoms. The fourth-order valence-corrected chi connectivity index (χ4v) is 12.7. The first-order valence-electron chi connectivity index (χ1n) is 25.7. The molecule has 3 nitrogen and oxygen atoms in total. The molecule has 73 heavy (non-hydrogen) atoms. The Kier molecular flexibility index (Phi) is 12.8. The fraction of sp³-hybridized carbons (Fsp3) is 0.203. The van der Waals surface area contributed by atoms with Crippen LogP contribution in [0.2, 0.25) is 0 Å². The fourth-order valence-electron chi connectivity index (χ4n) is 12.7. The van der Waals surface area contributed by atoms with Crippen LogP contribution >= 0.6 is 0 Å². The van der Waals surface area contributed by atoms with Gasteiger partial charge in [-0.05, 0) is 120 Å². The van der Waals surface area contributed by atoms with Crippen molar-refractivity contribution in [3.05, 3.63) is 247 Å². The van der Waals surface area contributed by atoms with Gasteiger partial charge in [-0.2, -0.15) is 0 Å². The molecule has 7 aromatic carbocycles. The quantitative estimate of drug-likeness (QED) is 0.128. The summed E-state index contributed by atoms with van der Waals surface area (Å²) < 4.78 is 0. The molecule has 0 amide bonds. The number of pyridine rings is 3. The SMILES string of the molecule is C[C@]1(c2c[c-]c(-c3ccccn3)cc2)CCC[C@]1(C)c1cc(-c2ccccc2-c2c[c-]c(-c3cc(-c4ccc5ccccc5c4)ccn3)cc2)cc([C@@]2(C)CCC[C@]2(C)c2c[c-]c(-c3ccccn3)cc2)c1.[Ir+3]. The molecule has 4 heteroatoms. The molecule has 0 saturated heterocycles. The monoisotopic (exact) mass is 1120 g/mol. The first-order chi connectivity index (χ1) is 35.1. The van der Waals surface area contributed by atoms with E-state index in [-0.39, 0.29) is 41.8 Å². The van der Waals surface area contributed by atoms with Gasteiger partial charge < -0.3 is 15.0 Å². The van der Waals surface area contributed by atoms with Gasteiger partial charge in [-0.15, -0.1) is 101 Å². The van der Waals surface area contributed by atoms with Crippen molar-refractivity contribution >= 4 is 10.8 Å². The zero-order valence-corrected chi connectivity index (χ0v) is 44.4. The Hall–Kier alpha value is -7.10. The van der Waals surface area contributed by atoms with E-state index in [1.54, 1.807) is 0 Å². The Morgan fingerprint density at radius 1 is 0.342 bits per heavy atom. The van der Waals surface area contributed by atoms with Crippen molar-refractivity contribution in [1.29, 1.82) is 0 Å². The predicted octanol–water partition coefficient (Wildman–Crippen LogP) is 17.2. The molecule has 0 N–H and O–H groups in total. The van der Waals surface area contributed by atoms with E-state index >= 15 is 0 Å². The van der Waals surface area contributed by atoms with E-state index in [4.69, 9.17) is 4.98 Å². The van der Waals surface area contributed by atoms with Gasteiger partial charge in [-0.1, -0.05) is 174 Å². The summed E-state index contributed by atoms with van der Waals surface area (Å²) in [5.41, 5.74) is 17.9. The molecule has 0 radical (unpaired) electrons. The maximum Gasteiger partial charge on any atom is 3.00 e. The van der Waals surface area contributed by atoms with Gasteiger partial charge >= 0.3 is 20.1 Å². The molecule has 4 atom stereocenters. The van der Waals surface area contributed by atoms with E-state index in [9.17, 15) is 0 Å². The molecule has 2 fully saturated rings. The first kappa shape index (κ1) is 48.2. The van der Waals surface area contributed by atoms with E-state index in [1.165, 1.54) is 55.3 Å². The van der Waals surface area contributed by atoms with Crippen LogP contribution < -0.4 is 0 Å². The van der Waals surface area contributed by atoms with Crippen LogP contribution in [-0.4, -0.2) is 15.0 Å². The third kappa shape index (κ3) is 8.49.